The van der Waals surface area contributed by atoms with Crippen LogP contribution in [0.3, 0.4) is 0 Å². The standard InChI is InChI=1S/C12H11Si.C12H10.C9H13.C7H14N.Ti/c1-3-7-11(8-4-1)13-12-9-5-2-6-10-12;1-3-7-11(8-4-1)12-9-5-2-6-10-12;1-6-5-7(2)9(4)8(6)3;8-7-5-3-1-2-4-6-7;/h1-10,13H;1-10H;6H,1-4H3;7-8H,1-6H2;/q;;2*-1;+2. The van der Waals surface area contributed by atoms with Gasteiger partial charge in [-0.15, -0.1) is 13.0 Å². The Hall–Kier alpha value is -2.75. The second-order valence-corrected chi connectivity index (χ2v) is 12.8. The van der Waals surface area contributed by atoms with Crippen molar-refractivity contribution in [3.05, 3.63) is 150 Å². The summed E-state index contributed by atoms with van der Waals surface area (Å²) in [6, 6.07) is 42.4. The molecule has 1 N–H and O–H groups in total. The third-order valence-electron chi connectivity index (χ3n) is 7.91. The van der Waals surface area contributed by atoms with Crippen LogP contribution in [0.4, 0.5) is 0 Å². The normalized spacial score (nSPS) is 16.0. The molecule has 0 amide bonds. The fraction of sp³-hybridized carbons (Fsp3) is 0.300. The van der Waals surface area contributed by atoms with E-state index < -0.39 is 0 Å². The molecule has 1 atom stereocenters. The van der Waals surface area contributed by atoms with Gasteiger partial charge in [-0.1, -0.05) is 197 Å². The molecule has 3 heteroatoms. The van der Waals surface area contributed by atoms with Crippen LogP contribution >= 0.6 is 0 Å². The van der Waals surface area contributed by atoms with Crippen molar-refractivity contribution < 1.29 is 21.7 Å². The first-order valence-electron chi connectivity index (χ1n) is 15.5. The van der Waals surface area contributed by atoms with Gasteiger partial charge in [-0.2, -0.15) is 11.1 Å². The van der Waals surface area contributed by atoms with Crippen molar-refractivity contribution in [2.45, 2.75) is 72.3 Å². The van der Waals surface area contributed by atoms with Gasteiger partial charge in [-0.25, -0.2) is 5.57 Å². The van der Waals surface area contributed by atoms with E-state index in [1.807, 2.05) is 12.1 Å². The summed E-state index contributed by atoms with van der Waals surface area (Å²) in [5, 5.41) is 2.90. The van der Waals surface area contributed by atoms with E-state index in [0.717, 1.165) is 12.8 Å². The van der Waals surface area contributed by atoms with E-state index in [9.17, 15) is 0 Å². The van der Waals surface area contributed by atoms with Crippen LogP contribution in [-0.4, -0.2) is 15.6 Å². The summed E-state index contributed by atoms with van der Waals surface area (Å²) >= 11 is 0. The molecule has 1 fully saturated rings. The maximum atomic E-state index is 7.41. The molecule has 0 spiro atoms. The van der Waals surface area contributed by atoms with Crippen molar-refractivity contribution in [2.24, 2.45) is 5.92 Å². The number of rotatable bonds is 3. The monoisotopic (exact) mass is 618 g/mol. The van der Waals surface area contributed by atoms with E-state index in [1.165, 1.54) is 63.9 Å². The maximum absolute atomic E-state index is 7.41. The van der Waals surface area contributed by atoms with E-state index in [-0.39, 0.29) is 37.3 Å². The van der Waals surface area contributed by atoms with Crippen molar-refractivity contribution in [3.63, 3.8) is 0 Å². The maximum Gasteiger partial charge on any atom is 2.00 e. The Labute approximate surface area is 279 Å². The van der Waals surface area contributed by atoms with Gasteiger partial charge in [0.15, 0.2) is 0 Å². The summed E-state index contributed by atoms with van der Waals surface area (Å²) in [5.74, 6) is 0.560. The predicted octanol–water partition coefficient (Wildman–Crippen LogP) is 9.91. The minimum absolute atomic E-state index is 0. The molecule has 0 heterocycles. The van der Waals surface area contributed by atoms with Crippen LogP contribution in [0.2, 0.25) is 0 Å². The molecule has 1 unspecified atom stereocenters. The fourth-order valence-electron chi connectivity index (χ4n) is 4.99. The first-order chi connectivity index (χ1) is 20.4. The van der Waals surface area contributed by atoms with Gasteiger partial charge in [0, 0.05) is 0 Å². The van der Waals surface area contributed by atoms with E-state index >= 15 is 0 Å². The SMILES string of the molecule is CC1=[C-]C(C)C(C)=C1C.[NH-]C1CCCCCC1.[Ti+2].c1ccc(-c2ccccc2)cc1.c1ccc([SiH]c2ccccc2)cc1. The largest absolute Gasteiger partial charge is 2.00 e. The Morgan fingerprint density at radius 2 is 0.953 bits per heavy atom. The van der Waals surface area contributed by atoms with Crippen LogP contribution in [-0.2, 0) is 21.7 Å². The van der Waals surface area contributed by atoms with E-state index in [0.29, 0.717) is 5.92 Å². The molecule has 43 heavy (non-hydrogen) atoms. The molecule has 0 aromatic heterocycles. The summed E-state index contributed by atoms with van der Waals surface area (Å²) in [6.45, 7) is 8.67. The zero-order chi connectivity index (χ0) is 30.0. The van der Waals surface area contributed by atoms with Crippen molar-refractivity contribution in [2.75, 3.05) is 0 Å². The zero-order valence-electron chi connectivity index (χ0n) is 26.5. The molecule has 0 saturated heterocycles. The molecule has 0 aliphatic heterocycles. The molecule has 2 aliphatic carbocycles. The van der Waals surface area contributed by atoms with Gasteiger partial charge in [-0.05, 0) is 11.1 Å². The Bertz CT molecular complexity index is 1250. The van der Waals surface area contributed by atoms with E-state index in [4.69, 9.17) is 5.73 Å². The summed E-state index contributed by atoms with van der Waals surface area (Å²) < 4.78 is 0. The van der Waals surface area contributed by atoms with Crippen molar-refractivity contribution in [1.82, 2.24) is 0 Å². The fourth-order valence-corrected chi connectivity index (χ4v) is 6.21. The van der Waals surface area contributed by atoms with Gasteiger partial charge >= 0.3 is 21.7 Å². The van der Waals surface area contributed by atoms with Gasteiger partial charge in [0.2, 0.25) is 0 Å². The molecular weight excluding hydrogens is 570 g/mol. The molecule has 6 rings (SSSR count). The summed E-state index contributed by atoms with van der Waals surface area (Å²) in [7, 11) is 0.271. The molecule has 0 bridgehead atoms. The molecular formula is C40H48NSiTi. The average molecular weight is 619 g/mol. The first-order valence-corrected chi connectivity index (χ1v) is 16.6. The molecule has 4 aromatic carbocycles. The zero-order valence-corrected chi connectivity index (χ0v) is 29.2. The Morgan fingerprint density at radius 1 is 0.581 bits per heavy atom. The molecule has 1 nitrogen and oxygen atoms in total. The number of hydrogen-bond acceptors (Lipinski definition) is 0. The Balaban J connectivity index is 0.000000202. The number of benzene rings is 4. The van der Waals surface area contributed by atoms with Crippen LogP contribution in [0, 0.1) is 12.0 Å². The molecule has 1 radical (unpaired) electrons. The Kier molecular flexibility index (Phi) is 17.8. The van der Waals surface area contributed by atoms with Crippen molar-refractivity contribution in [3.8, 4) is 11.1 Å². The minimum atomic E-state index is 0. The Morgan fingerprint density at radius 3 is 1.26 bits per heavy atom. The smallest absolute Gasteiger partial charge is 0.675 e. The average Bonchev–Trinajstić information content (AvgIpc) is 3.19. The molecule has 221 valence electrons. The predicted molar refractivity (Wildman–Crippen MR) is 187 cm³/mol. The topological polar surface area (TPSA) is 23.8 Å². The van der Waals surface area contributed by atoms with Gasteiger partial charge in [0.1, 0.15) is 9.52 Å². The molecule has 1 saturated carbocycles. The summed E-state index contributed by atoms with van der Waals surface area (Å²) in [5.41, 5.74) is 14.2. The van der Waals surface area contributed by atoms with E-state index in [2.05, 4.69) is 143 Å². The quantitative estimate of drug-likeness (QED) is 0.124. The van der Waals surface area contributed by atoms with Crippen molar-refractivity contribution in [1.29, 1.82) is 0 Å². The minimum Gasteiger partial charge on any atom is -0.675 e. The van der Waals surface area contributed by atoms with Gasteiger partial charge < -0.3 is 5.73 Å². The van der Waals surface area contributed by atoms with Gasteiger partial charge in [-0.3, -0.25) is 6.08 Å². The second-order valence-electron chi connectivity index (χ2n) is 11.2. The van der Waals surface area contributed by atoms with Crippen molar-refractivity contribution >= 4 is 19.9 Å². The third-order valence-corrected chi connectivity index (χ3v) is 9.34. The number of allylic oxidation sites excluding steroid dienone is 4. The summed E-state index contributed by atoms with van der Waals surface area (Å²) in [6.07, 6.45) is 11.0. The van der Waals surface area contributed by atoms with Crippen LogP contribution in [0.25, 0.3) is 16.9 Å². The third kappa shape index (κ3) is 14.1. The molecule has 2 aliphatic rings. The number of hydrogen-bond donors (Lipinski definition) is 0. The van der Waals surface area contributed by atoms with Crippen LogP contribution in [0.1, 0.15) is 66.2 Å². The number of nitrogens with one attached hydrogen (secondary N) is 1. The van der Waals surface area contributed by atoms with E-state index in [1.54, 1.807) is 0 Å². The first kappa shape index (κ1) is 36.4. The summed E-state index contributed by atoms with van der Waals surface area (Å²) in [4.78, 5) is 0. The van der Waals surface area contributed by atoms with Crippen LogP contribution < -0.4 is 10.4 Å². The van der Waals surface area contributed by atoms with Gasteiger partial charge in [0.05, 0.1) is 0 Å². The van der Waals surface area contributed by atoms with Crippen LogP contribution in [0.5, 0.6) is 0 Å². The molecule has 4 aromatic rings. The van der Waals surface area contributed by atoms with Crippen LogP contribution in [0.15, 0.2) is 138 Å². The second kappa shape index (κ2) is 21.0. The van der Waals surface area contributed by atoms with Gasteiger partial charge in [0.25, 0.3) is 0 Å².